The summed E-state index contributed by atoms with van der Waals surface area (Å²) in [4.78, 5) is 35.4. The van der Waals surface area contributed by atoms with Gasteiger partial charge in [0, 0.05) is 12.6 Å². The number of rotatable bonds is 8. The number of nitrogens with one attached hydrogen (secondary N) is 2. The number of esters is 1. The second-order valence-corrected chi connectivity index (χ2v) is 5.81. The third-order valence-corrected chi connectivity index (χ3v) is 3.69. The Labute approximate surface area is 157 Å². The predicted molar refractivity (Wildman–Crippen MR) is 100 cm³/mol. The first-order valence-electron chi connectivity index (χ1n) is 8.39. The van der Waals surface area contributed by atoms with Gasteiger partial charge in [-0.1, -0.05) is 30.3 Å². The molecule has 7 nitrogen and oxygen atoms in total. The maximum absolute atomic E-state index is 12.1. The maximum Gasteiger partial charge on any atom is 0.308 e. The lowest BCUT2D eigenvalue weighted by atomic mass is 10.0. The van der Waals surface area contributed by atoms with Crippen LogP contribution in [-0.2, 0) is 19.1 Å². The molecular weight excluding hydrogens is 348 g/mol. The van der Waals surface area contributed by atoms with E-state index in [1.807, 2.05) is 30.3 Å². The molecule has 0 heterocycles. The van der Waals surface area contributed by atoms with Gasteiger partial charge in [-0.2, -0.15) is 0 Å². The van der Waals surface area contributed by atoms with Crippen molar-refractivity contribution in [3.63, 3.8) is 0 Å². The summed E-state index contributed by atoms with van der Waals surface area (Å²) >= 11 is 0. The molecule has 1 atom stereocenters. The van der Waals surface area contributed by atoms with Gasteiger partial charge < -0.3 is 20.1 Å². The monoisotopic (exact) mass is 370 g/mol. The lowest BCUT2D eigenvalue weighted by Crippen LogP contribution is -2.29. The van der Waals surface area contributed by atoms with Crippen LogP contribution in [0.1, 0.15) is 24.9 Å². The second kappa shape index (κ2) is 9.96. The molecule has 0 unspecified atom stereocenters. The van der Waals surface area contributed by atoms with Crippen LogP contribution in [0.4, 0.5) is 5.69 Å². The van der Waals surface area contributed by atoms with E-state index in [-0.39, 0.29) is 12.3 Å². The number of hydrogen-bond acceptors (Lipinski definition) is 5. The van der Waals surface area contributed by atoms with Gasteiger partial charge >= 0.3 is 5.97 Å². The van der Waals surface area contributed by atoms with E-state index in [0.29, 0.717) is 11.4 Å². The van der Waals surface area contributed by atoms with Gasteiger partial charge in [0.25, 0.3) is 5.91 Å². The van der Waals surface area contributed by atoms with Crippen molar-refractivity contribution in [2.45, 2.75) is 19.4 Å². The van der Waals surface area contributed by atoms with E-state index in [4.69, 9.17) is 9.47 Å². The molecule has 0 spiro atoms. The summed E-state index contributed by atoms with van der Waals surface area (Å²) in [5, 5.41) is 5.34. The molecule has 0 saturated heterocycles. The van der Waals surface area contributed by atoms with Crippen LogP contribution in [0, 0.1) is 0 Å². The van der Waals surface area contributed by atoms with E-state index in [9.17, 15) is 14.4 Å². The first kappa shape index (κ1) is 20.0. The highest BCUT2D eigenvalue weighted by atomic mass is 16.5. The van der Waals surface area contributed by atoms with Gasteiger partial charge in [-0.05, 0) is 29.8 Å². The van der Waals surface area contributed by atoms with Crippen molar-refractivity contribution in [3.05, 3.63) is 60.2 Å². The highest BCUT2D eigenvalue weighted by Crippen LogP contribution is 2.17. The highest BCUT2D eigenvalue weighted by molar-refractivity contribution is 5.92. The molecule has 0 aliphatic rings. The Morgan fingerprint density at radius 3 is 2.26 bits per heavy atom. The molecule has 0 aliphatic heterocycles. The van der Waals surface area contributed by atoms with E-state index < -0.39 is 24.5 Å². The lowest BCUT2D eigenvalue weighted by molar-refractivity contribution is -0.148. The van der Waals surface area contributed by atoms with Crippen LogP contribution in [0.3, 0.4) is 0 Å². The molecule has 2 N–H and O–H groups in total. The van der Waals surface area contributed by atoms with Crippen molar-refractivity contribution < 1.29 is 23.9 Å². The minimum atomic E-state index is -0.581. The highest BCUT2D eigenvalue weighted by Gasteiger charge is 2.18. The summed E-state index contributed by atoms with van der Waals surface area (Å²) in [7, 11) is 1.55. The van der Waals surface area contributed by atoms with Crippen LogP contribution in [0.25, 0.3) is 0 Å². The largest absolute Gasteiger partial charge is 0.497 e. The van der Waals surface area contributed by atoms with Gasteiger partial charge in [-0.15, -0.1) is 0 Å². The van der Waals surface area contributed by atoms with Crippen LogP contribution in [0.2, 0.25) is 0 Å². The Balaban J connectivity index is 1.85. The number of anilines is 1. The maximum atomic E-state index is 12.1. The van der Waals surface area contributed by atoms with E-state index >= 15 is 0 Å². The standard InChI is InChI=1S/C20H22N2O5/c1-14(23)21-18(15-6-4-3-5-7-15)12-20(25)27-13-19(24)22-16-8-10-17(26-2)11-9-16/h3-11,18H,12-13H2,1-2H3,(H,21,23)(H,22,24)/t18-/m0/s1. The number of methoxy groups -OCH3 is 1. The van der Waals surface area contributed by atoms with Gasteiger partial charge in [-0.25, -0.2) is 0 Å². The molecule has 7 heteroatoms. The molecule has 2 aromatic carbocycles. The van der Waals surface area contributed by atoms with Crippen molar-refractivity contribution in [2.75, 3.05) is 19.0 Å². The zero-order valence-electron chi connectivity index (χ0n) is 15.2. The Morgan fingerprint density at radius 2 is 1.67 bits per heavy atom. The molecule has 2 aromatic rings. The van der Waals surface area contributed by atoms with Crippen LogP contribution in [-0.4, -0.2) is 31.5 Å². The zero-order chi connectivity index (χ0) is 19.6. The molecule has 0 fully saturated rings. The van der Waals surface area contributed by atoms with Crippen LogP contribution in [0.5, 0.6) is 5.75 Å². The van der Waals surface area contributed by atoms with Crippen LogP contribution in [0.15, 0.2) is 54.6 Å². The third kappa shape index (κ3) is 6.81. The summed E-state index contributed by atoms with van der Waals surface area (Å²) in [5.74, 6) is -0.620. The van der Waals surface area contributed by atoms with Gasteiger partial charge in [0.05, 0.1) is 19.6 Å². The quantitative estimate of drug-likeness (QED) is 0.696. The van der Waals surface area contributed by atoms with Gasteiger partial charge in [-0.3, -0.25) is 14.4 Å². The summed E-state index contributed by atoms with van der Waals surface area (Å²) in [6, 6.07) is 15.4. The molecular formula is C20H22N2O5. The van der Waals surface area contributed by atoms with E-state index in [1.165, 1.54) is 6.92 Å². The summed E-state index contributed by atoms with van der Waals surface area (Å²) in [6.45, 7) is 0.968. The minimum Gasteiger partial charge on any atom is -0.497 e. The Hall–Kier alpha value is -3.35. The van der Waals surface area contributed by atoms with Crippen molar-refractivity contribution >= 4 is 23.5 Å². The number of carbonyl (C=O) groups is 3. The van der Waals surface area contributed by atoms with Crippen molar-refractivity contribution in [1.29, 1.82) is 0 Å². The van der Waals surface area contributed by atoms with Crippen molar-refractivity contribution in [2.24, 2.45) is 0 Å². The van der Waals surface area contributed by atoms with Crippen molar-refractivity contribution in [1.82, 2.24) is 5.32 Å². The topological polar surface area (TPSA) is 93.7 Å². The van der Waals surface area contributed by atoms with E-state index in [0.717, 1.165) is 5.56 Å². The lowest BCUT2D eigenvalue weighted by Gasteiger charge is -2.17. The predicted octanol–water partition coefficient (Wildman–Crippen LogP) is 2.44. The molecule has 2 amide bonds. The van der Waals surface area contributed by atoms with Crippen LogP contribution < -0.4 is 15.4 Å². The molecule has 27 heavy (non-hydrogen) atoms. The number of benzene rings is 2. The Kier molecular flexibility index (Phi) is 7.37. The number of ether oxygens (including phenoxy) is 2. The number of carbonyl (C=O) groups excluding carboxylic acids is 3. The molecule has 0 aliphatic carbocycles. The first-order valence-corrected chi connectivity index (χ1v) is 8.39. The Morgan fingerprint density at radius 1 is 1.00 bits per heavy atom. The van der Waals surface area contributed by atoms with Crippen LogP contribution >= 0.6 is 0 Å². The van der Waals surface area contributed by atoms with E-state index in [2.05, 4.69) is 10.6 Å². The SMILES string of the molecule is COc1ccc(NC(=O)COC(=O)C[C@H](NC(C)=O)c2ccccc2)cc1. The number of amides is 2. The summed E-state index contributed by atoms with van der Waals surface area (Å²) in [5.41, 5.74) is 1.35. The fraction of sp³-hybridized carbons (Fsp3) is 0.250. The van der Waals surface area contributed by atoms with Gasteiger partial charge in [0.1, 0.15) is 5.75 Å². The van der Waals surface area contributed by atoms with Crippen molar-refractivity contribution in [3.8, 4) is 5.75 Å². The number of hydrogen-bond donors (Lipinski definition) is 2. The average molecular weight is 370 g/mol. The second-order valence-electron chi connectivity index (χ2n) is 5.81. The fourth-order valence-electron chi connectivity index (χ4n) is 2.43. The first-order chi connectivity index (χ1) is 13.0. The molecule has 0 aromatic heterocycles. The normalized spacial score (nSPS) is 11.2. The van der Waals surface area contributed by atoms with Gasteiger partial charge in [0.15, 0.2) is 6.61 Å². The molecule has 0 bridgehead atoms. The smallest absolute Gasteiger partial charge is 0.308 e. The fourth-order valence-corrected chi connectivity index (χ4v) is 2.43. The third-order valence-electron chi connectivity index (χ3n) is 3.69. The zero-order valence-corrected chi connectivity index (χ0v) is 15.2. The van der Waals surface area contributed by atoms with Gasteiger partial charge in [0.2, 0.25) is 5.91 Å². The minimum absolute atomic E-state index is 0.0700. The molecule has 2 rings (SSSR count). The Bertz CT molecular complexity index is 775. The summed E-state index contributed by atoms with van der Waals surface area (Å²) < 4.78 is 10.1. The summed E-state index contributed by atoms with van der Waals surface area (Å²) in [6.07, 6.45) is -0.0700. The average Bonchev–Trinajstić information content (AvgIpc) is 2.67. The molecule has 142 valence electrons. The molecule has 0 radical (unpaired) electrons. The molecule has 0 saturated carbocycles. The van der Waals surface area contributed by atoms with E-state index in [1.54, 1.807) is 31.4 Å².